The lowest BCUT2D eigenvalue weighted by molar-refractivity contribution is 0.268. The Labute approximate surface area is 201 Å². The molecule has 0 bridgehead atoms. The van der Waals surface area contributed by atoms with E-state index in [2.05, 4.69) is 27.7 Å². The van der Waals surface area contributed by atoms with E-state index >= 15 is 0 Å². The van der Waals surface area contributed by atoms with Gasteiger partial charge in [0.15, 0.2) is 0 Å². The standard InChI is InChI=1S/C26H32N4O3S/c1-3-29-16-7-11-25(29)23-14-13-22(27-23)21-18-20(12-15-26(21)33-2)34(31,32)28-30-17-6-9-19-8-4-5-10-24(19)30/h4-5,8,10,12-15,18,25,27-28H,3,6-7,9,11,16-17H2,1-2H3/t25-/m1/s1. The van der Waals surface area contributed by atoms with E-state index in [-0.39, 0.29) is 4.90 Å². The van der Waals surface area contributed by atoms with Gasteiger partial charge in [0.2, 0.25) is 0 Å². The number of rotatable bonds is 7. The molecule has 0 aliphatic carbocycles. The summed E-state index contributed by atoms with van der Waals surface area (Å²) in [6.07, 6.45) is 4.16. The molecule has 34 heavy (non-hydrogen) atoms. The Balaban J connectivity index is 1.45. The molecule has 0 unspecified atom stereocenters. The lowest BCUT2D eigenvalue weighted by Crippen LogP contribution is -2.45. The third kappa shape index (κ3) is 4.33. The number of likely N-dealkylation sites (tertiary alicyclic amines) is 1. The number of methoxy groups -OCH3 is 1. The zero-order chi connectivity index (χ0) is 23.7. The smallest absolute Gasteiger partial charge is 0.257 e. The summed E-state index contributed by atoms with van der Waals surface area (Å²) in [6.45, 7) is 4.95. The number of hydrogen-bond donors (Lipinski definition) is 2. The van der Waals surface area contributed by atoms with Gasteiger partial charge in [0.1, 0.15) is 5.75 Å². The molecule has 7 nitrogen and oxygen atoms in total. The molecule has 0 radical (unpaired) electrons. The van der Waals surface area contributed by atoms with E-state index in [0.29, 0.717) is 18.3 Å². The van der Waals surface area contributed by atoms with Crippen molar-refractivity contribution in [1.29, 1.82) is 0 Å². The number of hydrazine groups is 1. The van der Waals surface area contributed by atoms with Gasteiger partial charge in [0, 0.05) is 29.5 Å². The van der Waals surface area contributed by atoms with Crippen LogP contribution in [0.4, 0.5) is 5.69 Å². The topological polar surface area (TPSA) is 77.7 Å². The van der Waals surface area contributed by atoms with Crippen molar-refractivity contribution in [1.82, 2.24) is 14.7 Å². The molecule has 3 heterocycles. The van der Waals surface area contributed by atoms with Gasteiger partial charge in [-0.25, -0.2) is 8.42 Å². The average molecular weight is 481 g/mol. The number of sulfonamides is 1. The summed E-state index contributed by atoms with van der Waals surface area (Å²) < 4.78 is 32.3. The van der Waals surface area contributed by atoms with Crippen molar-refractivity contribution in [2.45, 2.75) is 43.5 Å². The van der Waals surface area contributed by atoms with E-state index in [0.717, 1.165) is 60.6 Å². The molecule has 1 saturated heterocycles. The van der Waals surface area contributed by atoms with Crippen LogP contribution in [0.2, 0.25) is 0 Å². The van der Waals surface area contributed by atoms with Crippen LogP contribution < -0.4 is 14.6 Å². The minimum absolute atomic E-state index is 0.207. The fourth-order valence-electron chi connectivity index (χ4n) is 5.21. The predicted octanol–water partition coefficient (Wildman–Crippen LogP) is 4.49. The average Bonchev–Trinajstić information content (AvgIpc) is 3.53. The molecule has 5 rings (SSSR count). The van der Waals surface area contributed by atoms with E-state index in [4.69, 9.17) is 4.74 Å². The number of benzene rings is 2. The van der Waals surface area contributed by atoms with Crippen LogP contribution in [0.25, 0.3) is 11.3 Å². The number of fused-ring (bicyclic) bond motifs is 1. The third-order valence-electron chi connectivity index (χ3n) is 6.95. The second-order valence-corrected chi connectivity index (χ2v) is 10.6. The highest BCUT2D eigenvalue weighted by Gasteiger charge is 2.27. The van der Waals surface area contributed by atoms with Gasteiger partial charge in [-0.2, -0.15) is 0 Å². The molecule has 2 aliphatic heterocycles. The summed E-state index contributed by atoms with van der Waals surface area (Å²) in [5.74, 6) is 0.634. The summed E-state index contributed by atoms with van der Waals surface area (Å²) in [5.41, 5.74) is 4.82. The second-order valence-electron chi connectivity index (χ2n) is 8.95. The van der Waals surface area contributed by atoms with Crippen LogP contribution in [0.15, 0.2) is 59.5 Å². The number of aryl methyl sites for hydroxylation is 1. The van der Waals surface area contributed by atoms with Gasteiger partial charge < -0.3 is 9.72 Å². The van der Waals surface area contributed by atoms with Gasteiger partial charge in [-0.3, -0.25) is 9.91 Å². The van der Waals surface area contributed by atoms with Crippen LogP contribution in [0.1, 0.15) is 43.5 Å². The summed E-state index contributed by atoms with van der Waals surface area (Å²) in [5, 5.41) is 1.74. The first-order valence-corrected chi connectivity index (χ1v) is 13.5. The van der Waals surface area contributed by atoms with Gasteiger partial charge in [0.05, 0.1) is 17.7 Å². The Kier molecular flexibility index (Phi) is 6.38. The molecule has 0 amide bonds. The minimum Gasteiger partial charge on any atom is -0.496 e. The van der Waals surface area contributed by atoms with Crippen molar-refractivity contribution in [3.05, 3.63) is 65.9 Å². The van der Waals surface area contributed by atoms with E-state index in [1.807, 2.05) is 30.3 Å². The van der Waals surface area contributed by atoms with Crippen LogP contribution >= 0.6 is 0 Å². The zero-order valence-corrected chi connectivity index (χ0v) is 20.6. The number of ether oxygens (including phenoxy) is 1. The summed E-state index contributed by atoms with van der Waals surface area (Å²) in [6, 6.07) is 17.4. The summed E-state index contributed by atoms with van der Waals surface area (Å²) >= 11 is 0. The molecule has 1 fully saturated rings. The normalized spacial score (nSPS) is 18.8. The maximum atomic E-state index is 13.4. The monoisotopic (exact) mass is 480 g/mol. The molecular formula is C26H32N4O3S. The summed E-state index contributed by atoms with van der Waals surface area (Å²) in [4.78, 5) is 9.00. The second kappa shape index (κ2) is 9.44. The third-order valence-corrected chi connectivity index (χ3v) is 8.28. The molecule has 8 heteroatoms. The first kappa shape index (κ1) is 23.0. The number of para-hydroxylation sites is 1. The zero-order valence-electron chi connectivity index (χ0n) is 19.8. The molecule has 2 aromatic carbocycles. The van der Waals surface area contributed by atoms with Crippen molar-refractivity contribution in [2.24, 2.45) is 0 Å². The van der Waals surface area contributed by atoms with E-state index in [1.54, 1.807) is 30.3 Å². The Morgan fingerprint density at radius 1 is 1.09 bits per heavy atom. The van der Waals surface area contributed by atoms with Crippen molar-refractivity contribution < 1.29 is 13.2 Å². The molecule has 0 spiro atoms. The quantitative estimate of drug-likeness (QED) is 0.521. The molecule has 2 aliphatic rings. The highest BCUT2D eigenvalue weighted by Crippen LogP contribution is 2.36. The minimum atomic E-state index is -3.78. The number of hydrogen-bond acceptors (Lipinski definition) is 5. The predicted molar refractivity (Wildman–Crippen MR) is 134 cm³/mol. The van der Waals surface area contributed by atoms with Gasteiger partial charge in [-0.05, 0) is 80.7 Å². The number of H-pyrrole nitrogens is 1. The SMILES string of the molecule is CCN1CCC[C@@H]1c1ccc(-c2cc(S(=O)(=O)NN3CCCc4ccccc43)ccc2OC)[nH]1. The largest absolute Gasteiger partial charge is 0.496 e. The number of anilines is 1. The van der Waals surface area contributed by atoms with E-state index < -0.39 is 10.0 Å². The van der Waals surface area contributed by atoms with Crippen LogP contribution in [0.3, 0.4) is 0 Å². The Bertz CT molecular complexity index is 1270. The van der Waals surface area contributed by atoms with Gasteiger partial charge in [0.25, 0.3) is 10.0 Å². The number of aromatic nitrogens is 1. The van der Waals surface area contributed by atoms with Crippen LogP contribution in [0.5, 0.6) is 5.75 Å². The maximum Gasteiger partial charge on any atom is 0.257 e. The Morgan fingerprint density at radius 2 is 1.94 bits per heavy atom. The molecule has 3 aromatic rings. The highest BCUT2D eigenvalue weighted by molar-refractivity contribution is 7.89. The lowest BCUT2D eigenvalue weighted by atomic mass is 10.0. The van der Waals surface area contributed by atoms with Crippen molar-refractivity contribution in [3.8, 4) is 17.0 Å². The van der Waals surface area contributed by atoms with Gasteiger partial charge in [-0.15, -0.1) is 4.83 Å². The van der Waals surface area contributed by atoms with E-state index in [9.17, 15) is 8.42 Å². The molecule has 0 saturated carbocycles. The maximum absolute atomic E-state index is 13.4. The van der Waals surface area contributed by atoms with Crippen molar-refractivity contribution in [2.75, 3.05) is 31.8 Å². The van der Waals surface area contributed by atoms with Crippen LogP contribution in [-0.4, -0.2) is 45.0 Å². The van der Waals surface area contributed by atoms with Crippen molar-refractivity contribution in [3.63, 3.8) is 0 Å². The number of nitrogens with one attached hydrogen (secondary N) is 2. The van der Waals surface area contributed by atoms with Gasteiger partial charge in [-0.1, -0.05) is 25.1 Å². The Morgan fingerprint density at radius 3 is 2.76 bits per heavy atom. The van der Waals surface area contributed by atoms with Crippen LogP contribution in [-0.2, 0) is 16.4 Å². The fraction of sp³-hybridized carbons (Fsp3) is 0.385. The first-order valence-electron chi connectivity index (χ1n) is 12.0. The van der Waals surface area contributed by atoms with Crippen molar-refractivity contribution >= 4 is 15.7 Å². The van der Waals surface area contributed by atoms with Gasteiger partial charge >= 0.3 is 0 Å². The number of nitrogens with zero attached hydrogens (tertiary/aromatic N) is 2. The van der Waals surface area contributed by atoms with E-state index in [1.165, 1.54) is 6.42 Å². The van der Waals surface area contributed by atoms with Crippen LogP contribution in [0, 0.1) is 0 Å². The lowest BCUT2D eigenvalue weighted by Gasteiger charge is -2.31. The molecule has 1 atom stereocenters. The molecular weight excluding hydrogens is 448 g/mol. The Hall–Kier alpha value is -2.81. The fourth-order valence-corrected chi connectivity index (χ4v) is 6.32. The number of aromatic amines is 1. The highest BCUT2D eigenvalue weighted by atomic mass is 32.2. The summed E-state index contributed by atoms with van der Waals surface area (Å²) in [7, 11) is -2.17. The molecule has 1 aromatic heterocycles. The molecule has 180 valence electrons. The first-order chi connectivity index (χ1) is 16.5. The molecule has 2 N–H and O–H groups in total.